The summed E-state index contributed by atoms with van der Waals surface area (Å²) in [6, 6.07) is 1.82. The van der Waals surface area contributed by atoms with E-state index in [4.69, 9.17) is 9.47 Å². The number of methoxy groups -OCH3 is 1. The molecule has 0 fully saturated rings. The number of hydrogen-bond acceptors (Lipinski definition) is 6. The van der Waals surface area contributed by atoms with E-state index >= 15 is 0 Å². The Hall–Kier alpha value is -1.85. The normalized spacial score (nSPS) is 10.4. The van der Waals surface area contributed by atoms with Gasteiger partial charge >= 0.3 is 5.97 Å². The van der Waals surface area contributed by atoms with Crippen LogP contribution in [-0.2, 0) is 9.53 Å². The van der Waals surface area contributed by atoms with Crippen LogP contribution in [0.25, 0.3) is 0 Å². The van der Waals surface area contributed by atoms with Crippen molar-refractivity contribution in [3.8, 4) is 5.88 Å². The minimum atomic E-state index is -0.291. The number of anilines is 1. The molecule has 0 aliphatic heterocycles. The molecule has 0 bridgehead atoms. The van der Waals surface area contributed by atoms with Gasteiger partial charge in [-0.3, -0.25) is 4.79 Å². The van der Waals surface area contributed by atoms with Crippen LogP contribution in [0, 0.1) is 6.92 Å². The van der Waals surface area contributed by atoms with E-state index in [9.17, 15) is 4.79 Å². The number of aromatic nitrogens is 2. The molecule has 0 aliphatic carbocycles. The van der Waals surface area contributed by atoms with Gasteiger partial charge < -0.3 is 14.4 Å². The largest absolute Gasteiger partial charge is 0.481 e. The Morgan fingerprint density at radius 2 is 2.11 bits per heavy atom. The standard InChI is InChI=1S/C13H21N3O3/c1-6-19-12(17)8-16(9(2)3)13-14-10(4)7-11(15-13)18-5/h7,9H,6,8H2,1-5H3. The molecule has 0 spiro atoms. The maximum Gasteiger partial charge on any atom is 0.325 e. The van der Waals surface area contributed by atoms with Crippen molar-refractivity contribution in [2.24, 2.45) is 0 Å². The van der Waals surface area contributed by atoms with Crippen LogP contribution in [0.3, 0.4) is 0 Å². The highest BCUT2D eigenvalue weighted by molar-refractivity contribution is 5.75. The van der Waals surface area contributed by atoms with Crippen molar-refractivity contribution in [2.75, 3.05) is 25.2 Å². The van der Waals surface area contributed by atoms with E-state index in [0.29, 0.717) is 18.4 Å². The zero-order chi connectivity index (χ0) is 14.4. The third-order valence-corrected chi connectivity index (χ3v) is 2.51. The van der Waals surface area contributed by atoms with Gasteiger partial charge in [0.15, 0.2) is 0 Å². The van der Waals surface area contributed by atoms with E-state index in [1.807, 2.05) is 20.8 Å². The van der Waals surface area contributed by atoms with Gasteiger partial charge in [-0.25, -0.2) is 4.98 Å². The lowest BCUT2D eigenvalue weighted by Gasteiger charge is -2.26. The minimum absolute atomic E-state index is 0.0795. The summed E-state index contributed by atoms with van der Waals surface area (Å²) in [6.07, 6.45) is 0. The molecule has 1 heterocycles. The Kier molecular flexibility index (Phi) is 5.54. The average Bonchev–Trinajstić information content (AvgIpc) is 2.35. The first-order valence-corrected chi connectivity index (χ1v) is 6.29. The first-order valence-electron chi connectivity index (χ1n) is 6.29. The number of carbonyl (C=O) groups is 1. The topological polar surface area (TPSA) is 64.5 Å². The second-order valence-electron chi connectivity index (χ2n) is 4.38. The Morgan fingerprint density at radius 1 is 1.42 bits per heavy atom. The SMILES string of the molecule is CCOC(=O)CN(c1nc(C)cc(OC)n1)C(C)C. The first kappa shape index (κ1) is 15.2. The minimum Gasteiger partial charge on any atom is -0.481 e. The molecular formula is C13H21N3O3. The summed E-state index contributed by atoms with van der Waals surface area (Å²) in [5.41, 5.74) is 0.788. The van der Waals surface area contributed by atoms with Gasteiger partial charge in [-0.1, -0.05) is 0 Å². The van der Waals surface area contributed by atoms with Crippen LogP contribution in [0.15, 0.2) is 6.07 Å². The molecule has 0 atom stereocenters. The maximum absolute atomic E-state index is 11.6. The molecule has 0 saturated heterocycles. The first-order chi connectivity index (χ1) is 8.97. The van der Waals surface area contributed by atoms with Crippen LogP contribution in [0.1, 0.15) is 26.5 Å². The molecule has 6 heteroatoms. The number of nitrogens with zero attached hydrogens (tertiary/aromatic N) is 3. The van der Waals surface area contributed by atoms with Gasteiger partial charge in [0.1, 0.15) is 6.54 Å². The van der Waals surface area contributed by atoms with E-state index in [2.05, 4.69) is 9.97 Å². The maximum atomic E-state index is 11.6. The molecule has 0 saturated carbocycles. The summed E-state index contributed by atoms with van der Waals surface area (Å²) < 4.78 is 10.1. The van der Waals surface area contributed by atoms with Crippen LogP contribution >= 0.6 is 0 Å². The fourth-order valence-corrected chi connectivity index (χ4v) is 1.59. The van der Waals surface area contributed by atoms with Crippen molar-refractivity contribution in [3.05, 3.63) is 11.8 Å². The van der Waals surface area contributed by atoms with Gasteiger partial charge in [0.2, 0.25) is 11.8 Å². The van der Waals surface area contributed by atoms with Gasteiger partial charge in [0, 0.05) is 17.8 Å². The zero-order valence-electron chi connectivity index (χ0n) is 12.1. The van der Waals surface area contributed by atoms with Crippen molar-refractivity contribution in [3.63, 3.8) is 0 Å². The number of esters is 1. The average molecular weight is 267 g/mol. The third kappa shape index (κ3) is 4.39. The molecule has 0 radical (unpaired) electrons. The highest BCUT2D eigenvalue weighted by Crippen LogP contribution is 2.17. The van der Waals surface area contributed by atoms with Gasteiger partial charge in [-0.05, 0) is 27.7 Å². The van der Waals surface area contributed by atoms with Crippen molar-refractivity contribution in [2.45, 2.75) is 33.7 Å². The molecule has 0 aliphatic rings. The van der Waals surface area contributed by atoms with Crippen LogP contribution in [-0.4, -0.2) is 42.2 Å². The Bertz CT molecular complexity index is 435. The quantitative estimate of drug-likeness (QED) is 0.729. The highest BCUT2D eigenvalue weighted by atomic mass is 16.5. The number of hydrogen-bond donors (Lipinski definition) is 0. The van der Waals surface area contributed by atoms with Gasteiger partial charge in [-0.2, -0.15) is 4.98 Å². The lowest BCUT2D eigenvalue weighted by atomic mass is 10.3. The number of aryl methyl sites for hydroxylation is 1. The van der Waals surface area contributed by atoms with Crippen molar-refractivity contribution < 1.29 is 14.3 Å². The van der Waals surface area contributed by atoms with Crippen LogP contribution in [0.5, 0.6) is 5.88 Å². The van der Waals surface area contributed by atoms with Gasteiger partial charge in [0.25, 0.3) is 0 Å². The second-order valence-corrected chi connectivity index (χ2v) is 4.38. The summed E-state index contributed by atoms with van der Waals surface area (Å²) in [5.74, 6) is 0.664. The van der Waals surface area contributed by atoms with Crippen LogP contribution < -0.4 is 9.64 Å². The Labute approximate surface area is 113 Å². The summed E-state index contributed by atoms with van der Waals surface area (Å²) in [7, 11) is 1.55. The van der Waals surface area contributed by atoms with Crippen molar-refractivity contribution in [1.29, 1.82) is 0 Å². The predicted octanol–water partition coefficient (Wildman–Crippen LogP) is 1.57. The van der Waals surface area contributed by atoms with E-state index < -0.39 is 0 Å². The van der Waals surface area contributed by atoms with Gasteiger partial charge in [-0.15, -0.1) is 0 Å². The molecule has 1 rings (SSSR count). The fourth-order valence-electron chi connectivity index (χ4n) is 1.59. The number of carbonyl (C=O) groups excluding carboxylic acids is 1. The molecule has 0 amide bonds. The summed E-state index contributed by atoms with van der Waals surface area (Å²) >= 11 is 0. The molecule has 6 nitrogen and oxygen atoms in total. The molecule has 0 unspecified atom stereocenters. The Morgan fingerprint density at radius 3 is 2.63 bits per heavy atom. The molecule has 19 heavy (non-hydrogen) atoms. The smallest absolute Gasteiger partial charge is 0.325 e. The summed E-state index contributed by atoms with van der Waals surface area (Å²) in [5, 5.41) is 0. The zero-order valence-corrected chi connectivity index (χ0v) is 12.1. The predicted molar refractivity (Wildman–Crippen MR) is 72.4 cm³/mol. The van der Waals surface area contributed by atoms with Crippen molar-refractivity contribution in [1.82, 2.24) is 9.97 Å². The summed E-state index contributed by atoms with van der Waals surface area (Å²) in [6.45, 7) is 8.07. The second kappa shape index (κ2) is 6.92. The highest BCUT2D eigenvalue weighted by Gasteiger charge is 2.19. The summed E-state index contributed by atoms with van der Waals surface area (Å²) in [4.78, 5) is 22.0. The lowest BCUT2D eigenvalue weighted by Crippen LogP contribution is -2.38. The molecule has 1 aromatic heterocycles. The molecule has 1 aromatic rings. The van der Waals surface area contributed by atoms with E-state index in [1.165, 1.54) is 0 Å². The molecule has 106 valence electrons. The molecular weight excluding hydrogens is 246 g/mol. The number of ether oxygens (including phenoxy) is 2. The number of rotatable bonds is 6. The van der Waals surface area contributed by atoms with Crippen LogP contribution in [0.2, 0.25) is 0 Å². The van der Waals surface area contributed by atoms with E-state index in [-0.39, 0.29) is 18.6 Å². The lowest BCUT2D eigenvalue weighted by molar-refractivity contribution is -0.141. The monoisotopic (exact) mass is 267 g/mol. The molecule has 0 aromatic carbocycles. The fraction of sp³-hybridized carbons (Fsp3) is 0.615. The van der Waals surface area contributed by atoms with Gasteiger partial charge in [0.05, 0.1) is 13.7 Å². The van der Waals surface area contributed by atoms with Crippen LogP contribution in [0.4, 0.5) is 5.95 Å². The van der Waals surface area contributed by atoms with E-state index in [0.717, 1.165) is 5.69 Å². The Balaban J connectivity index is 2.98. The van der Waals surface area contributed by atoms with E-state index in [1.54, 1.807) is 25.0 Å². The third-order valence-electron chi connectivity index (χ3n) is 2.51. The molecule has 0 N–H and O–H groups in total. The van der Waals surface area contributed by atoms with Crippen molar-refractivity contribution >= 4 is 11.9 Å².